The third-order valence-corrected chi connectivity index (χ3v) is 5.15. The molecule has 2 N–H and O–H groups in total. The molecule has 0 unspecified atom stereocenters. The highest BCUT2D eigenvalue weighted by atomic mass is 16.2. The summed E-state index contributed by atoms with van der Waals surface area (Å²) in [4.78, 5) is 24.1. The number of carbonyl (C=O) groups excluding carboxylic acids is 1. The fourth-order valence-electron chi connectivity index (χ4n) is 3.62. The number of urea groups is 1. The van der Waals surface area contributed by atoms with Crippen LogP contribution in [0.15, 0.2) is 30.7 Å². The van der Waals surface area contributed by atoms with Gasteiger partial charge in [-0.1, -0.05) is 32.3 Å². The third kappa shape index (κ3) is 4.81. The molecule has 27 heavy (non-hydrogen) atoms. The molecule has 3 rings (SSSR count). The van der Waals surface area contributed by atoms with Crippen molar-refractivity contribution in [2.75, 3.05) is 29.4 Å². The Bertz CT molecular complexity index is 728. The van der Waals surface area contributed by atoms with Crippen molar-refractivity contribution in [3.05, 3.63) is 42.0 Å². The number of rotatable bonds is 9. The molecule has 1 aliphatic heterocycles. The number of amides is 2. The molecule has 2 amide bonds. The second-order valence-electron chi connectivity index (χ2n) is 7.08. The monoisotopic (exact) mass is 369 g/mol. The summed E-state index contributed by atoms with van der Waals surface area (Å²) in [5.74, 6) is 0. The van der Waals surface area contributed by atoms with Crippen molar-refractivity contribution < 1.29 is 4.79 Å². The van der Waals surface area contributed by atoms with Crippen LogP contribution in [0.4, 0.5) is 16.2 Å². The number of anilines is 2. The van der Waals surface area contributed by atoms with Crippen LogP contribution in [-0.4, -0.2) is 35.6 Å². The van der Waals surface area contributed by atoms with Crippen LogP contribution in [0, 0.1) is 0 Å². The van der Waals surface area contributed by atoms with Crippen LogP contribution in [0.3, 0.4) is 0 Å². The maximum Gasteiger partial charge on any atom is 0.321 e. The fraction of sp³-hybridized carbons (Fsp3) is 0.524. The minimum absolute atomic E-state index is 0.00852. The van der Waals surface area contributed by atoms with Crippen LogP contribution < -0.4 is 15.1 Å². The predicted molar refractivity (Wildman–Crippen MR) is 110 cm³/mol. The molecule has 0 spiro atoms. The van der Waals surface area contributed by atoms with E-state index in [1.165, 1.54) is 30.5 Å². The van der Waals surface area contributed by atoms with Gasteiger partial charge < -0.3 is 15.2 Å². The van der Waals surface area contributed by atoms with Crippen LogP contribution >= 0.6 is 0 Å². The Morgan fingerprint density at radius 1 is 1.30 bits per heavy atom. The number of aromatic nitrogens is 2. The molecule has 0 radical (unpaired) electrons. The molecule has 0 bridgehead atoms. The SMILES string of the molecule is CCCCCCNC(=O)N(CC)c1ccc2c(c1)N(Cc1c[nH]cn1)CC2. The summed E-state index contributed by atoms with van der Waals surface area (Å²) < 4.78 is 0. The zero-order chi connectivity index (χ0) is 19.1. The molecule has 1 aromatic carbocycles. The van der Waals surface area contributed by atoms with Crippen molar-refractivity contribution in [1.29, 1.82) is 0 Å². The molecular formula is C21H31N5O. The highest BCUT2D eigenvalue weighted by Gasteiger charge is 2.22. The number of nitrogens with zero attached hydrogens (tertiary/aromatic N) is 3. The van der Waals surface area contributed by atoms with Gasteiger partial charge in [-0.15, -0.1) is 0 Å². The molecule has 0 fully saturated rings. The fourth-order valence-corrected chi connectivity index (χ4v) is 3.62. The van der Waals surface area contributed by atoms with E-state index in [9.17, 15) is 4.79 Å². The highest BCUT2D eigenvalue weighted by Crippen LogP contribution is 2.33. The lowest BCUT2D eigenvalue weighted by Gasteiger charge is -2.24. The van der Waals surface area contributed by atoms with Crippen LogP contribution in [0.25, 0.3) is 0 Å². The zero-order valence-electron chi connectivity index (χ0n) is 16.5. The summed E-state index contributed by atoms with van der Waals surface area (Å²) in [5.41, 5.74) is 4.54. The number of nitrogens with one attached hydrogen (secondary N) is 2. The van der Waals surface area contributed by atoms with Gasteiger partial charge in [0.2, 0.25) is 0 Å². The van der Waals surface area contributed by atoms with E-state index in [4.69, 9.17) is 0 Å². The molecule has 0 atom stereocenters. The summed E-state index contributed by atoms with van der Waals surface area (Å²) in [6.45, 7) is 7.38. The standard InChI is InChI=1S/C21H31N5O/c1-3-5-6-7-11-23-21(27)26(4-2)19-9-8-17-10-12-25(20(17)13-19)15-18-14-22-16-24-18/h8-9,13-14,16H,3-7,10-12,15H2,1-2H3,(H,22,24)(H,23,27). The van der Waals surface area contributed by atoms with E-state index >= 15 is 0 Å². The Balaban J connectivity index is 1.66. The van der Waals surface area contributed by atoms with E-state index in [0.717, 1.165) is 43.9 Å². The number of unbranched alkanes of at least 4 members (excludes halogenated alkanes) is 3. The molecule has 6 nitrogen and oxygen atoms in total. The maximum atomic E-state index is 12.6. The number of imidazole rings is 1. The molecule has 0 saturated carbocycles. The van der Waals surface area contributed by atoms with Gasteiger partial charge >= 0.3 is 6.03 Å². The first-order chi connectivity index (χ1) is 13.2. The Kier molecular flexibility index (Phi) is 6.74. The first kappa shape index (κ1) is 19.3. The van der Waals surface area contributed by atoms with Gasteiger partial charge in [-0.25, -0.2) is 9.78 Å². The average Bonchev–Trinajstić information content (AvgIpc) is 3.33. The number of hydrogen-bond acceptors (Lipinski definition) is 3. The lowest BCUT2D eigenvalue weighted by Crippen LogP contribution is -2.40. The van der Waals surface area contributed by atoms with Gasteiger partial charge in [-0.2, -0.15) is 0 Å². The molecule has 2 heterocycles. The van der Waals surface area contributed by atoms with E-state index in [2.05, 4.69) is 45.3 Å². The largest absolute Gasteiger partial charge is 0.365 e. The van der Waals surface area contributed by atoms with Gasteiger partial charge in [0, 0.05) is 37.2 Å². The van der Waals surface area contributed by atoms with Gasteiger partial charge in [-0.05, 0) is 37.5 Å². The van der Waals surface area contributed by atoms with Crippen molar-refractivity contribution in [3.63, 3.8) is 0 Å². The molecule has 1 aliphatic rings. The first-order valence-corrected chi connectivity index (χ1v) is 10.1. The summed E-state index contributed by atoms with van der Waals surface area (Å²) in [5, 5.41) is 3.07. The van der Waals surface area contributed by atoms with Crippen molar-refractivity contribution in [1.82, 2.24) is 15.3 Å². The van der Waals surface area contributed by atoms with E-state index < -0.39 is 0 Å². The normalized spacial score (nSPS) is 12.9. The van der Waals surface area contributed by atoms with Crippen molar-refractivity contribution in [2.24, 2.45) is 0 Å². The molecule has 0 aliphatic carbocycles. The lowest BCUT2D eigenvalue weighted by atomic mass is 10.1. The van der Waals surface area contributed by atoms with E-state index in [-0.39, 0.29) is 6.03 Å². The highest BCUT2D eigenvalue weighted by molar-refractivity contribution is 5.92. The van der Waals surface area contributed by atoms with Gasteiger partial charge in [0.25, 0.3) is 0 Å². The molecule has 1 aromatic heterocycles. The van der Waals surface area contributed by atoms with Gasteiger partial charge in [0.1, 0.15) is 0 Å². The number of benzene rings is 1. The minimum Gasteiger partial charge on any atom is -0.365 e. The average molecular weight is 370 g/mol. The van der Waals surface area contributed by atoms with Gasteiger partial charge in [-0.3, -0.25) is 4.90 Å². The molecule has 2 aromatic rings. The van der Waals surface area contributed by atoms with Crippen molar-refractivity contribution in [3.8, 4) is 0 Å². The number of H-pyrrole nitrogens is 1. The minimum atomic E-state index is -0.00852. The third-order valence-electron chi connectivity index (χ3n) is 5.15. The summed E-state index contributed by atoms with van der Waals surface area (Å²) in [6.07, 6.45) is 9.33. The van der Waals surface area contributed by atoms with E-state index in [0.29, 0.717) is 6.54 Å². The van der Waals surface area contributed by atoms with Crippen LogP contribution in [0.5, 0.6) is 0 Å². The quantitative estimate of drug-likeness (QED) is 0.655. The molecule has 6 heteroatoms. The van der Waals surface area contributed by atoms with Gasteiger partial charge in [0.15, 0.2) is 0 Å². The van der Waals surface area contributed by atoms with Crippen LogP contribution in [0.2, 0.25) is 0 Å². The Morgan fingerprint density at radius 3 is 2.93 bits per heavy atom. The van der Waals surface area contributed by atoms with Crippen LogP contribution in [0.1, 0.15) is 50.8 Å². The second kappa shape index (κ2) is 9.44. The molecule has 146 valence electrons. The summed E-state index contributed by atoms with van der Waals surface area (Å²) in [7, 11) is 0. The predicted octanol–water partition coefficient (Wildman–Crippen LogP) is 4.09. The van der Waals surface area contributed by atoms with E-state index in [1.807, 2.05) is 18.0 Å². The number of aromatic amines is 1. The number of hydrogen-bond donors (Lipinski definition) is 2. The number of fused-ring (bicyclic) bond motifs is 1. The lowest BCUT2D eigenvalue weighted by molar-refractivity contribution is 0.246. The molecular weight excluding hydrogens is 338 g/mol. The zero-order valence-corrected chi connectivity index (χ0v) is 16.5. The maximum absolute atomic E-state index is 12.6. The van der Waals surface area contributed by atoms with Crippen molar-refractivity contribution in [2.45, 2.75) is 52.5 Å². The smallest absolute Gasteiger partial charge is 0.321 e. The summed E-state index contributed by atoms with van der Waals surface area (Å²) >= 11 is 0. The van der Waals surface area contributed by atoms with E-state index in [1.54, 1.807) is 6.33 Å². The molecule has 0 saturated heterocycles. The number of carbonyl (C=O) groups is 1. The first-order valence-electron chi connectivity index (χ1n) is 10.1. The van der Waals surface area contributed by atoms with Gasteiger partial charge in [0.05, 0.1) is 18.6 Å². The topological polar surface area (TPSA) is 64.3 Å². The second-order valence-corrected chi connectivity index (χ2v) is 7.08. The van der Waals surface area contributed by atoms with Crippen LogP contribution in [-0.2, 0) is 13.0 Å². The Morgan fingerprint density at radius 2 is 2.19 bits per heavy atom. The van der Waals surface area contributed by atoms with Crippen molar-refractivity contribution >= 4 is 17.4 Å². The Hall–Kier alpha value is -2.50. The Labute approximate surface area is 162 Å². The summed E-state index contributed by atoms with van der Waals surface area (Å²) in [6, 6.07) is 6.37.